The van der Waals surface area contributed by atoms with Crippen LogP contribution in [0.2, 0.25) is 0 Å². The molecule has 1 fully saturated rings. The maximum Gasteiger partial charge on any atom is 0.227 e. The molecule has 0 aromatic heterocycles. The van der Waals surface area contributed by atoms with Crippen molar-refractivity contribution in [2.75, 3.05) is 18.4 Å². The lowest BCUT2D eigenvalue weighted by Gasteiger charge is -2.31. The van der Waals surface area contributed by atoms with Crippen LogP contribution in [0.1, 0.15) is 24.0 Å². The molecule has 1 saturated heterocycles. The average Bonchev–Trinajstić information content (AvgIpc) is 2.77. The van der Waals surface area contributed by atoms with E-state index >= 15 is 0 Å². The topological polar surface area (TPSA) is 32.3 Å². The largest absolute Gasteiger partial charge is 0.325 e. The van der Waals surface area contributed by atoms with Crippen molar-refractivity contribution in [3.63, 3.8) is 0 Å². The highest BCUT2D eigenvalue weighted by atomic mass is 16.1. The Bertz CT molecular complexity index is 959. The van der Waals surface area contributed by atoms with Gasteiger partial charge in [-0.2, -0.15) is 0 Å². The van der Waals surface area contributed by atoms with Gasteiger partial charge in [0.2, 0.25) is 5.91 Å². The Hall–Kier alpha value is -2.91. The molecule has 4 rings (SSSR count). The number of anilines is 1. The predicted octanol–water partition coefficient (Wildman–Crippen LogP) is 5.51. The quantitative estimate of drug-likeness (QED) is 0.629. The molecule has 1 amide bonds. The zero-order valence-corrected chi connectivity index (χ0v) is 17.0. The highest BCUT2D eigenvalue weighted by Gasteiger charge is 2.25. The third kappa shape index (κ3) is 4.75. The maximum atomic E-state index is 12.9. The van der Waals surface area contributed by atoms with E-state index in [0.717, 1.165) is 49.3 Å². The molecule has 3 aromatic carbocycles. The summed E-state index contributed by atoms with van der Waals surface area (Å²) in [7, 11) is 0. The van der Waals surface area contributed by atoms with Crippen molar-refractivity contribution in [2.45, 2.75) is 26.3 Å². The number of hydrogen-bond acceptors (Lipinski definition) is 2. The van der Waals surface area contributed by atoms with Gasteiger partial charge < -0.3 is 5.32 Å². The molecule has 1 heterocycles. The second-order valence-electron chi connectivity index (χ2n) is 7.88. The molecule has 1 N–H and O–H groups in total. The Morgan fingerprint density at radius 2 is 1.55 bits per heavy atom. The molecule has 0 spiro atoms. The van der Waals surface area contributed by atoms with E-state index in [0.29, 0.717) is 0 Å². The van der Waals surface area contributed by atoms with Crippen LogP contribution in [0.3, 0.4) is 0 Å². The summed E-state index contributed by atoms with van der Waals surface area (Å²) in [5.41, 5.74) is 5.80. The van der Waals surface area contributed by atoms with E-state index in [9.17, 15) is 4.79 Å². The molecule has 3 aromatic rings. The van der Waals surface area contributed by atoms with E-state index in [1.165, 1.54) is 11.1 Å². The van der Waals surface area contributed by atoms with Crippen LogP contribution in [0, 0.1) is 12.8 Å². The van der Waals surface area contributed by atoms with E-state index in [1.54, 1.807) is 0 Å². The SMILES string of the molecule is Cc1ccccc1CN1CCC(C(=O)Nc2ccccc2-c2ccccc2)CC1. The molecule has 148 valence electrons. The summed E-state index contributed by atoms with van der Waals surface area (Å²) < 4.78 is 0. The summed E-state index contributed by atoms with van der Waals surface area (Å²) in [5.74, 6) is 0.218. The highest BCUT2D eigenvalue weighted by molar-refractivity contribution is 5.96. The van der Waals surface area contributed by atoms with Crippen LogP contribution in [0.25, 0.3) is 11.1 Å². The van der Waals surface area contributed by atoms with Gasteiger partial charge in [0, 0.05) is 23.7 Å². The number of carbonyl (C=O) groups excluding carboxylic acids is 1. The molecule has 3 heteroatoms. The van der Waals surface area contributed by atoms with Crippen molar-refractivity contribution in [3.8, 4) is 11.1 Å². The number of aryl methyl sites for hydroxylation is 1. The van der Waals surface area contributed by atoms with Gasteiger partial charge in [-0.05, 0) is 55.6 Å². The lowest BCUT2D eigenvalue weighted by atomic mass is 9.94. The van der Waals surface area contributed by atoms with Gasteiger partial charge >= 0.3 is 0 Å². The van der Waals surface area contributed by atoms with Gasteiger partial charge in [-0.1, -0.05) is 72.8 Å². The van der Waals surface area contributed by atoms with E-state index in [1.807, 2.05) is 36.4 Å². The van der Waals surface area contributed by atoms with E-state index in [2.05, 4.69) is 59.6 Å². The summed E-state index contributed by atoms with van der Waals surface area (Å²) in [6.07, 6.45) is 1.82. The van der Waals surface area contributed by atoms with Crippen LogP contribution in [-0.4, -0.2) is 23.9 Å². The smallest absolute Gasteiger partial charge is 0.227 e. The second kappa shape index (κ2) is 9.06. The van der Waals surface area contributed by atoms with Crippen molar-refractivity contribution < 1.29 is 4.79 Å². The Balaban J connectivity index is 1.37. The fourth-order valence-corrected chi connectivity index (χ4v) is 4.08. The molecule has 0 bridgehead atoms. The number of amides is 1. The van der Waals surface area contributed by atoms with Gasteiger partial charge in [0.15, 0.2) is 0 Å². The first-order chi connectivity index (χ1) is 14.2. The second-order valence-corrected chi connectivity index (χ2v) is 7.88. The van der Waals surface area contributed by atoms with Gasteiger partial charge in [-0.25, -0.2) is 0 Å². The van der Waals surface area contributed by atoms with Crippen LogP contribution >= 0.6 is 0 Å². The van der Waals surface area contributed by atoms with Gasteiger partial charge in [0.25, 0.3) is 0 Å². The van der Waals surface area contributed by atoms with Crippen molar-refractivity contribution in [1.29, 1.82) is 0 Å². The number of nitrogens with zero attached hydrogens (tertiary/aromatic N) is 1. The van der Waals surface area contributed by atoms with Crippen molar-refractivity contribution in [1.82, 2.24) is 4.90 Å². The average molecular weight is 385 g/mol. The van der Waals surface area contributed by atoms with Crippen LogP contribution in [0.15, 0.2) is 78.9 Å². The van der Waals surface area contributed by atoms with Crippen molar-refractivity contribution in [3.05, 3.63) is 90.0 Å². The van der Waals surface area contributed by atoms with Crippen LogP contribution in [0.5, 0.6) is 0 Å². The third-order valence-electron chi connectivity index (χ3n) is 5.88. The number of hydrogen-bond donors (Lipinski definition) is 1. The summed E-state index contributed by atoms with van der Waals surface area (Å²) in [4.78, 5) is 15.4. The first kappa shape index (κ1) is 19.4. The summed E-state index contributed by atoms with van der Waals surface area (Å²) >= 11 is 0. The fourth-order valence-electron chi connectivity index (χ4n) is 4.08. The van der Waals surface area contributed by atoms with E-state index in [-0.39, 0.29) is 11.8 Å². The van der Waals surface area contributed by atoms with Gasteiger partial charge in [-0.15, -0.1) is 0 Å². The van der Waals surface area contributed by atoms with Gasteiger partial charge in [0.1, 0.15) is 0 Å². The minimum Gasteiger partial charge on any atom is -0.325 e. The Labute approximate surface area is 173 Å². The monoisotopic (exact) mass is 384 g/mol. The molecule has 0 atom stereocenters. The zero-order valence-electron chi connectivity index (χ0n) is 17.0. The van der Waals surface area contributed by atoms with Gasteiger partial charge in [-0.3, -0.25) is 9.69 Å². The van der Waals surface area contributed by atoms with E-state index < -0.39 is 0 Å². The Morgan fingerprint density at radius 3 is 2.31 bits per heavy atom. The first-order valence-electron chi connectivity index (χ1n) is 10.4. The number of rotatable bonds is 5. The molecule has 29 heavy (non-hydrogen) atoms. The lowest BCUT2D eigenvalue weighted by molar-refractivity contribution is -0.121. The summed E-state index contributed by atoms with van der Waals surface area (Å²) in [5, 5.41) is 3.19. The normalized spacial score (nSPS) is 15.2. The van der Waals surface area contributed by atoms with E-state index in [4.69, 9.17) is 0 Å². The van der Waals surface area contributed by atoms with Crippen LogP contribution in [0.4, 0.5) is 5.69 Å². The molecule has 3 nitrogen and oxygen atoms in total. The number of piperidine rings is 1. The van der Waals surface area contributed by atoms with Crippen molar-refractivity contribution in [2.24, 2.45) is 5.92 Å². The first-order valence-corrected chi connectivity index (χ1v) is 10.4. The number of benzene rings is 3. The van der Waals surface area contributed by atoms with Crippen molar-refractivity contribution >= 4 is 11.6 Å². The molecule has 1 aliphatic rings. The fraction of sp³-hybridized carbons (Fsp3) is 0.269. The Morgan fingerprint density at radius 1 is 0.897 bits per heavy atom. The zero-order chi connectivity index (χ0) is 20.1. The standard InChI is InChI=1S/C26H28N2O/c1-20-9-5-6-12-23(20)19-28-17-15-22(16-18-28)26(29)27-25-14-8-7-13-24(25)21-10-3-2-4-11-21/h2-14,22H,15-19H2,1H3,(H,27,29). The van der Waals surface area contributed by atoms with Gasteiger partial charge in [0.05, 0.1) is 0 Å². The molecule has 0 aliphatic carbocycles. The number of likely N-dealkylation sites (tertiary alicyclic amines) is 1. The lowest BCUT2D eigenvalue weighted by Crippen LogP contribution is -2.37. The van der Waals surface area contributed by atoms with Crippen LogP contribution in [-0.2, 0) is 11.3 Å². The molecular weight excluding hydrogens is 356 g/mol. The number of para-hydroxylation sites is 1. The third-order valence-corrected chi connectivity index (χ3v) is 5.88. The van der Waals surface area contributed by atoms with Crippen LogP contribution < -0.4 is 5.32 Å². The predicted molar refractivity (Wildman–Crippen MR) is 120 cm³/mol. The molecule has 0 radical (unpaired) electrons. The molecular formula is C26H28N2O. The molecule has 0 saturated carbocycles. The minimum absolute atomic E-state index is 0.0759. The summed E-state index contributed by atoms with van der Waals surface area (Å²) in [6.45, 7) is 5.07. The number of nitrogens with one attached hydrogen (secondary N) is 1. The molecule has 1 aliphatic heterocycles. The highest BCUT2D eigenvalue weighted by Crippen LogP contribution is 2.29. The molecule has 0 unspecified atom stereocenters. The maximum absolute atomic E-state index is 12.9. The minimum atomic E-state index is 0.0759. The number of carbonyl (C=O) groups is 1. The summed E-state index contributed by atoms with van der Waals surface area (Å²) in [6, 6.07) is 26.8. The Kier molecular flexibility index (Phi) is 6.06.